The topological polar surface area (TPSA) is 33.4 Å². The van der Waals surface area contributed by atoms with Crippen molar-refractivity contribution >= 4 is 39.7 Å². The van der Waals surface area contributed by atoms with E-state index in [4.69, 9.17) is 17.2 Å². The van der Waals surface area contributed by atoms with E-state index in [-0.39, 0.29) is 0 Å². The highest BCUT2D eigenvalue weighted by atomic mass is 32.1. The number of likely N-dealkylation sites (N-methyl/N-ethyl adjacent to an activating group) is 1. The molecule has 1 aliphatic rings. The van der Waals surface area contributed by atoms with E-state index in [1.165, 1.54) is 18.4 Å². The Balaban J connectivity index is 2.04. The lowest BCUT2D eigenvalue weighted by Crippen LogP contribution is -2.27. The number of benzene rings is 1. The van der Waals surface area contributed by atoms with E-state index in [0.29, 0.717) is 0 Å². The molecule has 5 heteroatoms. The number of nitrogens with zero attached hydrogens (tertiary/aromatic N) is 4. The van der Waals surface area contributed by atoms with Gasteiger partial charge in [0.05, 0.1) is 21.9 Å². The quantitative estimate of drug-likeness (QED) is 0.514. The first kappa shape index (κ1) is 18.0. The van der Waals surface area contributed by atoms with Gasteiger partial charge in [0.15, 0.2) is 0 Å². The van der Waals surface area contributed by atoms with E-state index in [9.17, 15) is 0 Å². The van der Waals surface area contributed by atoms with Crippen LogP contribution in [0.5, 0.6) is 0 Å². The molecule has 2 aromatic rings. The molecule has 0 unspecified atom stereocenters. The minimum Gasteiger partial charge on any atom is -0.323 e. The maximum absolute atomic E-state index is 4.96. The minimum atomic E-state index is 0.843. The predicted octanol–water partition coefficient (Wildman–Crippen LogP) is 5.07. The maximum atomic E-state index is 4.96. The van der Waals surface area contributed by atoms with E-state index >= 15 is 0 Å². The van der Waals surface area contributed by atoms with Gasteiger partial charge in [-0.2, -0.15) is 4.99 Å². The number of aliphatic imine (C=N–C) groups is 1. The summed E-state index contributed by atoms with van der Waals surface area (Å²) in [5.41, 5.74) is 4.40. The number of fused-ring (bicyclic) bond motifs is 1. The Morgan fingerprint density at radius 1 is 1.28 bits per heavy atom. The average molecular weight is 355 g/mol. The van der Waals surface area contributed by atoms with Gasteiger partial charge in [-0.3, -0.25) is 0 Å². The smallest absolute Gasteiger partial charge is 0.136 e. The molecule has 1 aromatic carbocycles. The number of thiocarbonyl (C=S) groups is 1. The van der Waals surface area contributed by atoms with Crippen LogP contribution in [0.2, 0.25) is 0 Å². The van der Waals surface area contributed by atoms with Gasteiger partial charge in [-0.15, -0.1) is 0 Å². The Hall–Kier alpha value is -1.81. The summed E-state index contributed by atoms with van der Waals surface area (Å²) in [4.78, 5) is 11.5. The summed E-state index contributed by atoms with van der Waals surface area (Å²) in [6.07, 6.45) is 7.20. The Bertz CT molecular complexity index is 810. The van der Waals surface area contributed by atoms with Crippen LogP contribution < -0.4 is 0 Å². The lowest BCUT2D eigenvalue weighted by atomic mass is 9.99. The van der Waals surface area contributed by atoms with Gasteiger partial charge in [-0.1, -0.05) is 19.9 Å². The fourth-order valence-corrected chi connectivity index (χ4v) is 3.63. The summed E-state index contributed by atoms with van der Waals surface area (Å²) in [5.74, 6) is 1.13. The van der Waals surface area contributed by atoms with Crippen molar-refractivity contribution in [3.8, 4) is 0 Å². The van der Waals surface area contributed by atoms with Crippen LogP contribution in [0.4, 0.5) is 5.69 Å². The number of imidazole rings is 1. The van der Waals surface area contributed by atoms with Crippen LogP contribution in [0, 0.1) is 0 Å². The van der Waals surface area contributed by atoms with Crippen LogP contribution >= 0.6 is 12.2 Å². The van der Waals surface area contributed by atoms with Gasteiger partial charge >= 0.3 is 0 Å². The SMILES string of the molecule is CCN(CC)CCn1c(C2=CCCCC2)nc2ccc(N=C=S)cc21. The number of allylic oxidation sites excluding steroid dienone is 2. The zero-order valence-electron chi connectivity index (χ0n) is 15.2. The zero-order chi connectivity index (χ0) is 17.6. The second-order valence-electron chi connectivity index (χ2n) is 6.47. The Morgan fingerprint density at radius 2 is 2.12 bits per heavy atom. The molecule has 0 fully saturated rings. The lowest BCUT2D eigenvalue weighted by molar-refractivity contribution is 0.291. The number of hydrogen-bond acceptors (Lipinski definition) is 4. The highest BCUT2D eigenvalue weighted by Crippen LogP contribution is 2.30. The van der Waals surface area contributed by atoms with E-state index in [0.717, 1.165) is 61.6 Å². The average Bonchev–Trinajstić information content (AvgIpc) is 3.02. The van der Waals surface area contributed by atoms with Crippen molar-refractivity contribution in [2.75, 3.05) is 19.6 Å². The fourth-order valence-electron chi connectivity index (χ4n) is 3.53. The molecule has 0 saturated carbocycles. The molecule has 4 nitrogen and oxygen atoms in total. The molecule has 3 rings (SSSR count). The summed E-state index contributed by atoms with van der Waals surface area (Å²) in [6, 6.07) is 6.08. The van der Waals surface area contributed by atoms with Gasteiger partial charge in [0.2, 0.25) is 0 Å². The summed E-state index contributed by atoms with van der Waals surface area (Å²) in [5, 5.41) is 2.47. The first-order chi connectivity index (χ1) is 12.3. The van der Waals surface area contributed by atoms with Crippen LogP contribution in [0.15, 0.2) is 29.3 Å². The summed E-state index contributed by atoms with van der Waals surface area (Å²) < 4.78 is 2.37. The molecule has 25 heavy (non-hydrogen) atoms. The van der Waals surface area contributed by atoms with E-state index in [1.54, 1.807) is 0 Å². The second-order valence-corrected chi connectivity index (χ2v) is 6.65. The van der Waals surface area contributed by atoms with Crippen LogP contribution in [0.1, 0.15) is 45.4 Å². The molecule has 0 spiro atoms. The third-order valence-corrected chi connectivity index (χ3v) is 5.11. The van der Waals surface area contributed by atoms with Gasteiger partial charge < -0.3 is 9.47 Å². The van der Waals surface area contributed by atoms with Crippen LogP contribution in [-0.2, 0) is 6.54 Å². The number of hydrogen-bond donors (Lipinski definition) is 0. The van der Waals surface area contributed by atoms with E-state index in [2.05, 4.69) is 45.6 Å². The zero-order valence-corrected chi connectivity index (χ0v) is 16.0. The van der Waals surface area contributed by atoms with Crippen molar-refractivity contribution in [3.63, 3.8) is 0 Å². The molecular formula is C20H26N4S. The van der Waals surface area contributed by atoms with Crippen molar-refractivity contribution in [2.45, 2.75) is 46.1 Å². The molecule has 1 aliphatic carbocycles. The van der Waals surface area contributed by atoms with Crippen molar-refractivity contribution in [2.24, 2.45) is 4.99 Å². The Morgan fingerprint density at radius 3 is 2.80 bits per heavy atom. The third kappa shape index (κ3) is 4.06. The van der Waals surface area contributed by atoms with Crippen LogP contribution in [0.25, 0.3) is 16.6 Å². The summed E-state index contributed by atoms with van der Waals surface area (Å²) >= 11 is 4.76. The van der Waals surface area contributed by atoms with Crippen LogP contribution in [0.3, 0.4) is 0 Å². The normalized spacial score (nSPS) is 14.6. The molecule has 0 aliphatic heterocycles. The van der Waals surface area contributed by atoms with Crippen molar-refractivity contribution in [3.05, 3.63) is 30.1 Å². The summed E-state index contributed by atoms with van der Waals surface area (Å²) in [7, 11) is 0. The van der Waals surface area contributed by atoms with E-state index < -0.39 is 0 Å². The first-order valence-electron chi connectivity index (χ1n) is 9.26. The molecule has 0 radical (unpaired) electrons. The maximum Gasteiger partial charge on any atom is 0.136 e. The van der Waals surface area contributed by atoms with Gasteiger partial charge in [-0.05, 0) is 74.8 Å². The fraction of sp³-hybridized carbons (Fsp3) is 0.500. The molecule has 132 valence electrons. The van der Waals surface area contributed by atoms with E-state index in [1.807, 2.05) is 12.1 Å². The largest absolute Gasteiger partial charge is 0.323 e. The minimum absolute atomic E-state index is 0.843. The molecule has 0 saturated heterocycles. The first-order valence-corrected chi connectivity index (χ1v) is 9.67. The van der Waals surface area contributed by atoms with Crippen LogP contribution in [-0.4, -0.2) is 39.2 Å². The van der Waals surface area contributed by atoms with Gasteiger partial charge in [0, 0.05) is 13.1 Å². The number of aromatic nitrogens is 2. The molecule has 0 atom stereocenters. The highest BCUT2D eigenvalue weighted by molar-refractivity contribution is 7.78. The molecule has 1 aromatic heterocycles. The molecule has 1 heterocycles. The molecule has 0 bridgehead atoms. The molecule has 0 N–H and O–H groups in total. The Kier molecular flexibility index (Phi) is 6.14. The van der Waals surface area contributed by atoms with Gasteiger partial charge in [-0.25, -0.2) is 4.98 Å². The molecule has 0 amide bonds. The van der Waals surface area contributed by atoms with Gasteiger partial charge in [0.1, 0.15) is 5.82 Å². The number of rotatable bonds is 7. The lowest BCUT2D eigenvalue weighted by Gasteiger charge is -2.20. The van der Waals surface area contributed by atoms with Gasteiger partial charge in [0.25, 0.3) is 0 Å². The second kappa shape index (κ2) is 8.52. The summed E-state index contributed by atoms with van der Waals surface area (Å²) in [6.45, 7) is 8.54. The third-order valence-electron chi connectivity index (χ3n) is 5.02. The Labute approximate surface area is 155 Å². The van der Waals surface area contributed by atoms with Crippen molar-refractivity contribution < 1.29 is 0 Å². The van der Waals surface area contributed by atoms with Crippen molar-refractivity contribution in [1.82, 2.24) is 14.5 Å². The standard InChI is InChI=1S/C20H26N4S/c1-3-23(4-2)12-13-24-19-14-17(21-15-25)10-11-18(19)22-20(24)16-8-6-5-7-9-16/h8,10-11,14H,3-7,9,12-13H2,1-2H3. The number of isothiocyanates is 1. The molecular weight excluding hydrogens is 328 g/mol. The predicted molar refractivity (Wildman–Crippen MR) is 109 cm³/mol. The monoisotopic (exact) mass is 354 g/mol. The highest BCUT2D eigenvalue weighted by Gasteiger charge is 2.17. The van der Waals surface area contributed by atoms with Crippen molar-refractivity contribution in [1.29, 1.82) is 0 Å².